The SMILES string of the molecule is CCCn1nccc1S(=O)(=O)N1CCC[C@@H](CN)C1. The Balaban J connectivity index is 2.23. The monoisotopic (exact) mass is 286 g/mol. The standard InChI is InChI=1S/C12H22N4O2S/c1-2-7-16-12(5-6-14-16)19(17,18)15-8-3-4-11(9-13)10-15/h5-6,11H,2-4,7-10,13H2,1H3/t11-/m0/s1. The van der Waals surface area contributed by atoms with Crippen LogP contribution in [0.1, 0.15) is 26.2 Å². The van der Waals surface area contributed by atoms with Gasteiger partial charge < -0.3 is 5.73 Å². The van der Waals surface area contributed by atoms with E-state index < -0.39 is 10.0 Å². The van der Waals surface area contributed by atoms with Gasteiger partial charge in [-0.3, -0.25) is 4.68 Å². The largest absolute Gasteiger partial charge is 0.330 e. The van der Waals surface area contributed by atoms with Crippen LogP contribution in [-0.2, 0) is 16.6 Å². The summed E-state index contributed by atoms with van der Waals surface area (Å²) in [5.74, 6) is 0.270. The summed E-state index contributed by atoms with van der Waals surface area (Å²) in [6.45, 7) is 4.27. The maximum atomic E-state index is 12.6. The minimum atomic E-state index is -3.44. The molecule has 2 heterocycles. The number of hydrogen-bond donors (Lipinski definition) is 1. The first kappa shape index (κ1) is 14.5. The van der Waals surface area contributed by atoms with Crippen molar-refractivity contribution in [1.82, 2.24) is 14.1 Å². The summed E-state index contributed by atoms with van der Waals surface area (Å²) in [5.41, 5.74) is 5.67. The topological polar surface area (TPSA) is 81.2 Å². The summed E-state index contributed by atoms with van der Waals surface area (Å²) in [5, 5.41) is 4.39. The molecule has 0 amide bonds. The number of nitrogens with zero attached hydrogens (tertiary/aromatic N) is 3. The number of piperidine rings is 1. The van der Waals surface area contributed by atoms with E-state index in [-0.39, 0.29) is 5.92 Å². The van der Waals surface area contributed by atoms with Crippen molar-refractivity contribution in [3.05, 3.63) is 12.3 Å². The molecule has 0 spiro atoms. The summed E-state index contributed by atoms with van der Waals surface area (Å²) >= 11 is 0. The maximum Gasteiger partial charge on any atom is 0.260 e. The molecule has 0 radical (unpaired) electrons. The fraction of sp³-hybridized carbons (Fsp3) is 0.750. The molecule has 1 atom stereocenters. The molecule has 1 saturated heterocycles. The Morgan fingerprint density at radius 2 is 2.32 bits per heavy atom. The van der Waals surface area contributed by atoms with E-state index in [1.807, 2.05) is 6.92 Å². The van der Waals surface area contributed by atoms with Gasteiger partial charge in [0.15, 0.2) is 5.03 Å². The summed E-state index contributed by atoms with van der Waals surface area (Å²) in [6.07, 6.45) is 4.29. The highest BCUT2D eigenvalue weighted by Gasteiger charge is 2.31. The van der Waals surface area contributed by atoms with Gasteiger partial charge in [0.2, 0.25) is 0 Å². The van der Waals surface area contributed by atoms with Gasteiger partial charge >= 0.3 is 0 Å². The fourth-order valence-corrected chi connectivity index (χ4v) is 4.17. The Kier molecular flexibility index (Phi) is 4.59. The van der Waals surface area contributed by atoms with Gasteiger partial charge in [-0.05, 0) is 37.8 Å². The van der Waals surface area contributed by atoms with Gasteiger partial charge in [-0.15, -0.1) is 0 Å². The Bertz CT molecular complexity index is 512. The molecule has 1 aliphatic rings. The molecule has 2 N–H and O–H groups in total. The number of aryl methyl sites for hydroxylation is 1. The molecular formula is C12H22N4O2S. The van der Waals surface area contributed by atoms with E-state index in [2.05, 4.69) is 5.10 Å². The molecule has 0 aliphatic carbocycles. The molecular weight excluding hydrogens is 264 g/mol. The van der Waals surface area contributed by atoms with Gasteiger partial charge in [-0.2, -0.15) is 9.40 Å². The Morgan fingerprint density at radius 1 is 1.53 bits per heavy atom. The van der Waals surface area contributed by atoms with Gasteiger partial charge in [0.25, 0.3) is 10.0 Å². The Hall–Kier alpha value is -0.920. The van der Waals surface area contributed by atoms with E-state index in [1.165, 1.54) is 0 Å². The summed E-state index contributed by atoms with van der Waals surface area (Å²) in [7, 11) is -3.44. The lowest BCUT2D eigenvalue weighted by atomic mass is 10.0. The minimum absolute atomic E-state index is 0.270. The molecule has 19 heavy (non-hydrogen) atoms. The average molecular weight is 286 g/mol. The second kappa shape index (κ2) is 6.02. The van der Waals surface area contributed by atoms with E-state index in [0.717, 1.165) is 19.3 Å². The van der Waals surface area contributed by atoms with Crippen LogP contribution in [0.4, 0.5) is 0 Å². The van der Waals surface area contributed by atoms with Crippen LogP contribution in [0, 0.1) is 5.92 Å². The zero-order chi connectivity index (χ0) is 13.9. The lowest BCUT2D eigenvalue weighted by Gasteiger charge is -2.31. The van der Waals surface area contributed by atoms with E-state index in [4.69, 9.17) is 5.73 Å². The molecule has 1 aromatic rings. The third kappa shape index (κ3) is 2.98. The normalized spacial score (nSPS) is 21.7. The zero-order valence-electron chi connectivity index (χ0n) is 11.3. The molecule has 1 aliphatic heterocycles. The van der Waals surface area contributed by atoms with Gasteiger partial charge in [0.05, 0.1) is 6.20 Å². The average Bonchev–Trinajstić information content (AvgIpc) is 2.88. The van der Waals surface area contributed by atoms with Crippen molar-refractivity contribution in [3.8, 4) is 0 Å². The van der Waals surface area contributed by atoms with E-state index >= 15 is 0 Å². The molecule has 0 aromatic carbocycles. The fourth-order valence-electron chi connectivity index (χ4n) is 2.49. The zero-order valence-corrected chi connectivity index (χ0v) is 12.1. The number of aromatic nitrogens is 2. The maximum absolute atomic E-state index is 12.6. The van der Waals surface area contributed by atoms with Crippen LogP contribution in [-0.4, -0.2) is 42.1 Å². The van der Waals surface area contributed by atoms with Gasteiger partial charge in [-0.25, -0.2) is 8.42 Å². The van der Waals surface area contributed by atoms with Crippen LogP contribution in [0.2, 0.25) is 0 Å². The van der Waals surface area contributed by atoms with Crippen LogP contribution < -0.4 is 5.73 Å². The van der Waals surface area contributed by atoms with Crippen molar-refractivity contribution in [2.75, 3.05) is 19.6 Å². The van der Waals surface area contributed by atoms with Crippen LogP contribution in [0.5, 0.6) is 0 Å². The minimum Gasteiger partial charge on any atom is -0.330 e. The molecule has 2 rings (SSSR count). The smallest absolute Gasteiger partial charge is 0.260 e. The van der Waals surface area contributed by atoms with Crippen molar-refractivity contribution in [3.63, 3.8) is 0 Å². The molecule has 1 aromatic heterocycles. The lowest BCUT2D eigenvalue weighted by molar-refractivity contribution is 0.269. The first-order valence-electron chi connectivity index (χ1n) is 6.81. The highest BCUT2D eigenvalue weighted by Crippen LogP contribution is 2.23. The van der Waals surface area contributed by atoms with Crippen molar-refractivity contribution in [1.29, 1.82) is 0 Å². The van der Waals surface area contributed by atoms with E-state index in [9.17, 15) is 8.42 Å². The summed E-state index contributed by atoms with van der Waals surface area (Å²) in [4.78, 5) is 0. The molecule has 0 unspecified atom stereocenters. The number of hydrogen-bond acceptors (Lipinski definition) is 4. The predicted octanol–water partition coefficient (Wildman–Crippen LogP) is 0.653. The van der Waals surface area contributed by atoms with E-state index in [0.29, 0.717) is 31.2 Å². The van der Waals surface area contributed by atoms with E-state index in [1.54, 1.807) is 21.3 Å². The molecule has 7 heteroatoms. The van der Waals surface area contributed by atoms with Crippen LogP contribution in [0.25, 0.3) is 0 Å². The highest BCUT2D eigenvalue weighted by molar-refractivity contribution is 7.89. The lowest BCUT2D eigenvalue weighted by Crippen LogP contribution is -2.42. The van der Waals surface area contributed by atoms with Crippen LogP contribution in [0.15, 0.2) is 17.3 Å². The highest BCUT2D eigenvalue weighted by atomic mass is 32.2. The summed E-state index contributed by atoms with van der Waals surface area (Å²) in [6, 6.07) is 1.58. The number of sulfonamides is 1. The summed E-state index contributed by atoms with van der Waals surface area (Å²) < 4.78 is 28.4. The molecule has 1 fully saturated rings. The van der Waals surface area contributed by atoms with Crippen molar-refractivity contribution >= 4 is 10.0 Å². The first-order valence-corrected chi connectivity index (χ1v) is 8.25. The number of nitrogens with two attached hydrogens (primary N) is 1. The Morgan fingerprint density at radius 3 is 3.00 bits per heavy atom. The second-order valence-corrected chi connectivity index (χ2v) is 6.88. The van der Waals surface area contributed by atoms with Crippen molar-refractivity contribution in [2.24, 2.45) is 11.7 Å². The Labute approximate surface area is 114 Å². The van der Waals surface area contributed by atoms with Crippen LogP contribution >= 0.6 is 0 Å². The molecule has 6 nitrogen and oxygen atoms in total. The molecule has 0 saturated carbocycles. The quantitative estimate of drug-likeness (QED) is 0.862. The van der Waals surface area contributed by atoms with Gasteiger partial charge in [0, 0.05) is 19.6 Å². The third-order valence-electron chi connectivity index (χ3n) is 3.53. The van der Waals surface area contributed by atoms with Crippen molar-refractivity contribution in [2.45, 2.75) is 37.8 Å². The van der Waals surface area contributed by atoms with Gasteiger partial charge in [0.1, 0.15) is 0 Å². The molecule has 0 bridgehead atoms. The number of rotatable bonds is 5. The first-order chi connectivity index (χ1) is 9.09. The van der Waals surface area contributed by atoms with Gasteiger partial charge in [-0.1, -0.05) is 6.92 Å². The van der Waals surface area contributed by atoms with Crippen LogP contribution in [0.3, 0.4) is 0 Å². The van der Waals surface area contributed by atoms with Crippen molar-refractivity contribution < 1.29 is 8.42 Å². The third-order valence-corrected chi connectivity index (χ3v) is 5.42. The second-order valence-electron chi connectivity index (χ2n) is 5.00. The predicted molar refractivity (Wildman–Crippen MR) is 73.1 cm³/mol. The molecule has 108 valence electrons.